The molecule has 0 aromatic heterocycles. The van der Waals surface area contributed by atoms with Crippen LogP contribution in [-0.2, 0) is 0 Å². The van der Waals surface area contributed by atoms with Crippen molar-refractivity contribution < 1.29 is 4.79 Å². The summed E-state index contributed by atoms with van der Waals surface area (Å²) in [6.07, 6.45) is 4.45. The Morgan fingerprint density at radius 3 is 2.47 bits per heavy atom. The third-order valence-corrected chi connectivity index (χ3v) is 3.48. The molecule has 3 heteroatoms. The molecule has 1 aromatic rings. The van der Waals surface area contributed by atoms with E-state index in [1.807, 2.05) is 30.3 Å². The molecular formula is C14H20N2O. The maximum Gasteiger partial charge on any atom is 0.251 e. The number of carbonyl (C=O) groups excluding carboxylic acids is 1. The quantitative estimate of drug-likeness (QED) is 0.836. The number of hydrogen-bond acceptors (Lipinski definition) is 2. The van der Waals surface area contributed by atoms with Gasteiger partial charge in [0.25, 0.3) is 5.91 Å². The van der Waals surface area contributed by atoms with E-state index in [-0.39, 0.29) is 5.91 Å². The molecule has 0 saturated heterocycles. The number of nitrogens with one attached hydrogen (secondary N) is 1. The van der Waals surface area contributed by atoms with Gasteiger partial charge in [-0.15, -0.1) is 0 Å². The Hall–Kier alpha value is -1.35. The molecule has 1 aromatic carbocycles. The Labute approximate surface area is 102 Å². The molecular weight excluding hydrogens is 212 g/mol. The van der Waals surface area contributed by atoms with Crippen LogP contribution in [0.4, 0.5) is 0 Å². The van der Waals surface area contributed by atoms with Crippen LogP contribution in [0.15, 0.2) is 30.3 Å². The van der Waals surface area contributed by atoms with E-state index in [9.17, 15) is 4.79 Å². The number of hydrogen-bond donors (Lipinski definition) is 2. The highest BCUT2D eigenvalue weighted by Crippen LogP contribution is 2.22. The highest BCUT2D eigenvalue weighted by atomic mass is 16.1. The number of rotatable bonds is 3. The van der Waals surface area contributed by atoms with Crippen molar-refractivity contribution in [1.82, 2.24) is 5.32 Å². The number of carbonyl (C=O) groups is 1. The van der Waals surface area contributed by atoms with Crippen molar-refractivity contribution in [3.63, 3.8) is 0 Å². The minimum Gasteiger partial charge on any atom is -0.352 e. The van der Waals surface area contributed by atoms with Crippen molar-refractivity contribution in [1.29, 1.82) is 0 Å². The van der Waals surface area contributed by atoms with Gasteiger partial charge in [0, 0.05) is 18.2 Å². The van der Waals surface area contributed by atoms with Crippen molar-refractivity contribution >= 4 is 5.91 Å². The zero-order chi connectivity index (χ0) is 12.1. The molecule has 0 aliphatic heterocycles. The molecule has 1 aliphatic carbocycles. The fourth-order valence-electron chi connectivity index (χ4n) is 2.32. The van der Waals surface area contributed by atoms with Crippen molar-refractivity contribution in [2.45, 2.75) is 31.7 Å². The van der Waals surface area contributed by atoms with Gasteiger partial charge in [-0.05, 0) is 43.7 Å². The minimum absolute atomic E-state index is 0.0282. The second-order valence-electron chi connectivity index (χ2n) is 4.86. The van der Waals surface area contributed by atoms with Crippen molar-refractivity contribution in [3.05, 3.63) is 35.9 Å². The lowest BCUT2D eigenvalue weighted by Gasteiger charge is -2.26. The molecule has 0 heterocycles. The third-order valence-electron chi connectivity index (χ3n) is 3.48. The van der Waals surface area contributed by atoms with E-state index >= 15 is 0 Å². The maximum atomic E-state index is 11.8. The van der Waals surface area contributed by atoms with E-state index in [4.69, 9.17) is 5.73 Å². The van der Waals surface area contributed by atoms with Gasteiger partial charge in [-0.3, -0.25) is 4.79 Å². The maximum absolute atomic E-state index is 11.8. The molecule has 2 rings (SSSR count). The zero-order valence-corrected chi connectivity index (χ0v) is 10.1. The van der Waals surface area contributed by atoms with Crippen LogP contribution in [0.5, 0.6) is 0 Å². The fourth-order valence-corrected chi connectivity index (χ4v) is 2.32. The second-order valence-corrected chi connectivity index (χ2v) is 4.86. The highest BCUT2D eigenvalue weighted by molar-refractivity contribution is 5.94. The van der Waals surface area contributed by atoms with Crippen LogP contribution in [0.3, 0.4) is 0 Å². The van der Waals surface area contributed by atoms with Gasteiger partial charge >= 0.3 is 0 Å². The SMILES string of the molecule is NC1CCC(CNC(=O)c2ccccc2)CC1. The van der Waals surface area contributed by atoms with Gasteiger partial charge in [-0.1, -0.05) is 18.2 Å². The van der Waals surface area contributed by atoms with E-state index in [0.717, 1.165) is 37.8 Å². The van der Waals surface area contributed by atoms with Crippen LogP contribution in [0, 0.1) is 5.92 Å². The van der Waals surface area contributed by atoms with Gasteiger partial charge in [-0.25, -0.2) is 0 Å². The van der Waals surface area contributed by atoms with Crippen LogP contribution >= 0.6 is 0 Å². The molecule has 0 radical (unpaired) electrons. The third kappa shape index (κ3) is 3.56. The van der Waals surface area contributed by atoms with E-state index in [1.165, 1.54) is 0 Å². The monoisotopic (exact) mass is 232 g/mol. The molecule has 0 spiro atoms. The van der Waals surface area contributed by atoms with Crippen molar-refractivity contribution in [2.24, 2.45) is 11.7 Å². The summed E-state index contributed by atoms with van der Waals surface area (Å²) in [4.78, 5) is 11.8. The van der Waals surface area contributed by atoms with Gasteiger partial charge in [0.15, 0.2) is 0 Å². The largest absolute Gasteiger partial charge is 0.352 e. The molecule has 3 nitrogen and oxygen atoms in total. The average molecular weight is 232 g/mol. The molecule has 0 bridgehead atoms. The first kappa shape index (κ1) is 12.1. The van der Waals surface area contributed by atoms with Gasteiger partial charge in [0.05, 0.1) is 0 Å². The Balaban J connectivity index is 1.77. The normalized spacial score (nSPS) is 24.3. The first-order valence-electron chi connectivity index (χ1n) is 6.34. The molecule has 17 heavy (non-hydrogen) atoms. The number of amides is 1. The second kappa shape index (κ2) is 5.82. The topological polar surface area (TPSA) is 55.1 Å². The minimum atomic E-state index is 0.0282. The predicted molar refractivity (Wildman–Crippen MR) is 68.7 cm³/mol. The van der Waals surface area contributed by atoms with E-state index in [1.54, 1.807) is 0 Å². The van der Waals surface area contributed by atoms with Crippen LogP contribution in [0.25, 0.3) is 0 Å². The van der Waals surface area contributed by atoms with Crippen LogP contribution in [0.2, 0.25) is 0 Å². The first-order valence-corrected chi connectivity index (χ1v) is 6.34. The molecule has 3 N–H and O–H groups in total. The lowest BCUT2D eigenvalue weighted by molar-refractivity contribution is 0.0943. The predicted octanol–water partition coefficient (Wildman–Crippen LogP) is 1.93. The van der Waals surface area contributed by atoms with E-state index in [2.05, 4.69) is 5.32 Å². The Morgan fingerprint density at radius 2 is 1.82 bits per heavy atom. The van der Waals surface area contributed by atoms with Crippen LogP contribution in [-0.4, -0.2) is 18.5 Å². The summed E-state index contributed by atoms with van der Waals surface area (Å²) in [6, 6.07) is 9.73. The van der Waals surface area contributed by atoms with E-state index in [0.29, 0.717) is 12.0 Å². The lowest BCUT2D eigenvalue weighted by Crippen LogP contribution is -2.34. The fraction of sp³-hybridized carbons (Fsp3) is 0.500. The summed E-state index contributed by atoms with van der Waals surface area (Å²) in [5.74, 6) is 0.628. The molecule has 0 atom stereocenters. The average Bonchev–Trinajstić information content (AvgIpc) is 2.39. The van der Waals surface area contributed by atoms with Gasteiger partial charge < -0.3 is 11.1 Å². The zero-order valence-electron chi connectivity index (χ0n) is 10.1. The number of nitrogens with two attached hydrogens (primary N) is 1. The summed E-state index contributed by atoms with van der Waals surface area (Å²) >= 11 is 0. The van der Waals surface area contributed by atoms with Crippen LogP contribution in [0.1, 0.15) is 36.0 Å². The Bertz CT molecular complexity index is 356. The summed E-state index contributed by atoms with van der Waals surface area (Å²) in [5, 5.41) is 3.00. The Kier molecular flexibility index (Phi) is 4.15. The molecule has 1 fully saturated rings. The first-order chi connectivity index (χ1) is 8.25. The number of benzene rings is 1. The van der Waals surface area contributed by atoms with E-state index < -0.39 is 0 Å². The Morgan fingerprint density at radius 1 is 1.18 bits per heavy atom. The molecule has 0 unspecified atom stereocenters. The van der Waals surface area contributed by atoms with Crippen molar-refractivity contribution in [3.8, 4) is 0 Å². The molecule has 92 valence electrons. The van der Waals surface area contributed by atoms with Gasteiger partial charge in [-0.2, -0.15) is 0 Å². The van der Waals surface area contributed by atoms with Gasteiger partial charge in [0.1, 0.15) is 0 Å². The van der Waals surface area contributed by atoms with Crippen molar-refractivity contribution in [2.75, 3.05) is 6.54 Å². The summed E-state index contributed by atoms with van der Waals surface area (Å²) in [5.41, 5.74) is 6.59. The summed E-state index contributed by atoms with van der Waals surface area (Å²) < 4.78 is 0. The smallest absolute Gasteiger partial charge is 0.251 e. The highest BCUT2D eigenvalue weighted by Gasteiger charge is 2.18. The standard InChI is InChI=1S/C14H20N2O/c15-13-8-6-11(7-9-13)10-16-14(17)12-4-2-1-3-5-12/h1-5,11,13H,6-10,15H2,(H,16,17). The van der Waals surface area contributed by atoms with Crippen LogP contribution < -0.4 is 11.1 Å². The van der Waals surface area contributed by atoms with Gasteiger partial charge in [0.2, 0.25) is 0 Å². The summed E-state index contributed by atoms with van der Waals surface area (Å²) in [6.45, 7) is 0.778. The lowest BCUT2D eigenvalue weighted by atomic mass is 9.86. The molecule has 1 aliphatic rings. The summed E-state index contributed by atoms with van der Waals surface area (Å²) in [7, 11) is 0. The molecule has 1 saturated carbocycles. The molecule has 1 amide bonds.